The maximum Gasteiger partial charge on any atom is 0.345 e. The summed E-state index contributed by atoms with van der Waals surface area (Å²) in [5.41, 5.74) is -0.143. The fourth-order valence-corrected chi connectivity index (χ4v) is 7.76. The molecule has 0 aromatic carbocycles. The molecule has 1 heterocycles. The molecule has 1 N–H and O–H groups in total. The van der Waals surface area contributed by atoms with E-state index in [1.165, 1.54) is 6.92 Å². The summed E-state index contributed by atoms with van der Waals surface area (Å²) in [6.07, 6.45) is 8.68. The van der Waals surface area contributed by atoms with Crippen molar-refractivity contribution in [3.05, 3.63) is 12.2 Å². The molecule has 3 unspecified atom stereocenters. The minimum absolute atomic E-state index is 0.0208. The zero-order valence-corrected chi connectivity index (χ0v) is 17.9. The van der Waals surface area contributed by atoms with Crippen LogP contribution in [-0.4, -0.2) is 47.0 Å². The van der Waals surface area contributed by atoms with Crippen LogP contribution in [0.3, 0.4) is 0 Å². The fourth-order valence-electron chi connectivity index (χ4n) is 7.76. The van der Waals surface area contributed by atoms with E-state index in [9.17, 15) is 19.5 Å². The van der Waals surface area contributed by atoms with Crippen molar-refractivity contribution in [2.45, 2.75) is 71.4 Å². The van der Waals surface area contributed by atoms with Gasteiger partial charge in [-0.3, -0.25) is 9.59 Å². The SMILES string of the molecule is CC(=O)OC(C(=O)O)[C@H]1CC[C@H]2C3CC[C@H]4N(C)C(=O)C=C[C@]4(C)C3CC[C@]12C. The first-order valence-electron chi connectivity index (χ1n) is 11.0. The van der Waals surface area contributed by atoms with Gasteiger partial charge in [-0.05, 0) is 67.8 Å². The van der Waals surface area contributed by atoms with Gasteiger partial charge in [0.2, 0.25) is 12.0 Å². The second-order valence-electron chi connectivity index (χ2n) is 10.2. The van der Waals surface area contributed by atoms with Crippen LogP contribution in [0.1, 0.15) is 59.3 Å². The van der Waals surface area contributed by atoms with Crippen LogP contribution < -0.4 is 0 Å². The molecule has 1 aliphatic heterocycles. The van der Waals surface area contributed by atoms with E-state index in [0.29, 0.717) is 17.8 Å². The molecule has 0 spiro atoms. The number of amides is 1. The summed E-state index contributed by atoms with van der Waals surface area (Å²) in [6, 6.07) is 0.246. The molecule has 0 bridgehead atoms. The van der Waals surface area contributed by atoms with E-state index in [1.807, 2.05) is 11.9 Å². The number of likely N-dealkylation sites (N-methyl/N-ethyl adjacent to an activating group) is 1. The lowest BCUT2D eigenvalue weighted by atomic mass is 9.47. The van der Waals surface area contributed by atoms with Gasteiger partial charge >= 0.3 is 11.9 Å². The van der Waals surface area contributed by atoms with Gasteiger partial charge in [0.15, 0.2) is 0 Å². The zero-order valence-electron chi connectivity index (χ0n) is 17.9. The van der Waals surface area contributed by atoms with E-state index in [0.717, 1.165) is 38.5 Å². The van der Waals surface area contributed by atoms with Crippen molar-refractivity contribution in [1.29, 1.82) is 0 Å². The van der Waals surface area contributed by atoms with Gasteiger partial charge in [0.1, 0.15) is 0 Å². The molecule has 0 aromatic rings. The molecule has 160 valence electrons. The number of carbonyl (C=O) groups excluding carboxylic acids is 2. The Morgan fingerprint density at radius 3 is 2.55 bits per heavy atom. The molecule has 4 rings (SSSR count). The number of ether oxygens (including phenoxy) is 1. The van der Waals surface area contributed by atoms with Crippen LogP contribution >= 0.6 is 0 Å². The number of carboxylic acid groups (broad SMARTS) is 1. The number of esters is 1. The number of nitrogens with zero attached hydrogens (tertiary/aromatic N) is 1. The normalized spacial score (nSPS) is 44.5. The minimum Gasteiger partial charge on any atom is -0.478 e. The smallest absolute Gasteiger partial charge is 0.345 e. The molecule has 0 radical (unpaired) electrons. The molecule has 3 saturated carbocycles. The van der Waals surface area contributed by atoms with Crippen LogP contribution in [0.2, 0.25) is 0 Å². The Balaban J connectivity index is 1.63. The first kappa shape index (κ1) is 20.4. The molecule has 3 fully saturated rings. The predicted molar refractivity (Wildman–Crippen MR) is 107 cm³/mol. The fraction of sp³-hybridized carbons (Fsp3) is 0.783. The summed E-state index contributed by atoms with van der Waals surface area (Å²) >= 11 is 0. The van der Waals surface area contributed by atoms with Crippen molar-refractivity contribution >= 4 is 17.8 Å². The zero-order chi connectivity index (χ0) is 21.1. The average molecular weight is 404 g/mol. The summed E-state index contributed by atoms with van der Waals surface area (Å²) in [5.74, 6) is -0.117. The molecule has 8 atom stereocenters. The third-order valence-corrected chi connectivity index (χ3v) is 9.10. The van der Waals surface area contributed by atoms with Crippen LogP contribution in [0, 0.1) is 34.5 Å². The number of carboxylic acids is 1. The number of aliphatic carboxylic acids is 1. The summed E-state index contributed by atoms with van der Waals surface area (Å²) in [4.78, 5) is 37.6. The Labute approximate surface area is 172 Å². The number of carbonyl (C=O) groups is 3. The summed E-state index contributed by atoms with van der Waals surface area (Å²) in [5, 5.41) is 9.75. The molecule has 4 aliphatic rings. The van der Waals surface area contributed by atoms with E-state index in [2.05, 4.69) is 19.9 Å². The van der Waals surface area contributed by atoms with Crippen molar-refractivity contribution in [3.63, 3.8) is 0 Å². The molecule has 3 aliphatic carbocycles. The molecule has 0 saturated heterocycles. The third kappa shape index (κ3) is 2.93. The number of fused-ring (bicyclic) bond motifs is 5. The Hall–Kier alpha value is -1.85. The predicted octanol–water partition coefficient (Wildman–Crippen LogP) is 3.26. The monoisotopic (exact) mass is 403 g/mol. The lowest BCUT2D eigenvalue weighted by Gasteiger charge is -2.60. The second kappa shape index (κ2) is 6.85. The molecular weight excluding hydrogens is 370 g/mol. The van der Waals surface area contributed by atoms with Crippen molar-refractivity contribution in [3.8, 4) is 0 Å². The lowest BCUT2D eigenvalue weighted by Crippen LogP contribution is -2.60. The quantitative estimate of drug-likeness (QED) is 0.731. The average Bonchev–Trinajstić information content (AvgIpc) is 3.00. The van der Waals surface area contributed by atoms with E-state index in [4.69, 9.17) is 4.74 Å². The van der Waals surface area contributed by atoms with Crippen LogP contribution in [-0.2, 0) is 19.1 Å². The van der Waals surface area contributed by atoms with E-state index in [-0.39, 0.29) is 28.7 Å². The first-order chi connectivity index (χ1) is 13.6. The van der Waals surface area contributed by atoms with Gasteiger partial charge in [0.05, 0.1) is 0 Å². The highest BCUT2D eigenvalue weighted by atomic mass is 16.6. The van der Waals surface area contributed by atoms with Gasteiger partial charge in [0, 0.05) is 31.3 Å². The van der Waals surface area contributed by atoms with Gasteiger partial charge in [-0.2, -0.15) is 0 Å². The maximum absolute atomic E-state index is 12.2. The van der Waals surface area contributed by atoms with Gasteiger partial charge in [-0.25, -0.2) is 4.79 Å². The minimum atomic E-state index is -1.05. The Morgan fingerprint density at radius 1 is 1.17 bits per heavy atom. The highest BCUT2D eigenvalue weighted by Gasteiger charge is 2.62. The molecular formula is C23H33NO5. The number of hydrogen-bond acceptors (Lipinski definition) is 4. The van der Waals surface area contributed by atoms with Gasteiger partial charge in [-0.15, -0.1) is 0 Å². The van der Waals surface area contributed by atoms with Crippen LogP contribution in [0.25, 0.3) is 0 Å². The molecule has 1 amide bonds. The summed E-state index contributed by atoms with van der Waals surface area (Å²) in [6.45, 7) is 5.82. The Bertz CT molecular complexity index is 762. The standard InChI is InChI=1S/C23H33NO5/c1-13(25)29-20(21(27)28)17-7-6-15-14-5-8-18-23(3,12-10-19(26)24(18)4)16(14)9-11-22(15,17)2/h10,12,14-18,20H,5-9,11H2,1-4H3,(H,27,28)/t14?,15-,16?,17+,18+,20?,22-,23+/m0/s1. The van der Waals surface area contributed by atoms with E-state index >= 15 is 0 Å². The number of hydrogen-bond donors (Lipinski definition) is 1. The van der Waals surface area contributed by atoms with E-state index in [1.54, 1.807) is 6.08 Å². The second-order valence-corrected chi connectivity index (χ2v) is 10.2. The lowest BCUT2D eigenvalue weighted by molar-refractivity contribution is -0.173. The number of rotatable bonds is 3. The molecule has 6 heteroatoms. The van der Waals surface area contributed by atoms with Crippen LogP contribution in [0.4, 0.5) is 0 Å². The maximum atomic E-state index is 12.2. The van der Waals surface area contributed by atoms with Crippen molar-refractivity contribution in [1.82, 2.24) is 4.90 Å². The molecule has 0 aromatic heterocycles. The van der Waals surface area contributed by atoms with Crippen molar-refractivity contribution in [2.75, 3.05) is 7.05 Å². The van der Waals surface area contributed by atoms with Gasteiger partial charge in [-0.1, -0.05) is 19.9 Å². The highest BCUT2D eigenvalue weighted by molar-refractivity contribution is 5.89. The van der Waals surface area contributed by atoms with Crippen LogP contribution in [0.5, 0.6) is 0 Å². The van der Waals surface area contributed by atoms with Crippen molar-refractivity contribution < 1.29 is 24.2 Å². The van der Waals surface area contributed by atoms with Gasteiger partial charge in [0.25, 0.3) is 0 Å². The highest BCUT2D eigenvalue weighted by Crippen LogP contribution is 2.66. The molecule has 6 nitrogen and oxygen atoms in total. The third-order valence-electron chi connectivity index (χ3n) is 9.10. The summed E-state index contributed by atoms with van der Waals surface area (Å²) < 4.78 is 5.28. The summed E-state index contributed by atoms with van der Waals surface area (Å²) in [7, 11) is 1.92. The molecule has 29 heavy (non-hydrogen) atoms. The topological polar surface area (TPSA) is 83.9 Å². The van der Waals surface area contributed by atoms with Crippen LogP contribution in [0.15, 0.2) is 12.2 Å². The van der Waals surface area contributed by atoms with Crippen molar-refractivity contribution in [2.24, 2.45) is 34.5 Å². The Kier molecular flexibility index (Phi) is 4.82. The van der Waals surface area contributed by atoms with E-state index < -0.39 is 18.0 Å². The largest absolute Gasteiger partial charge is 0.478 e. The van der Waals surface area contributed by atoms with Gasteiger partial charge < -0.3 is 14.7 Å². The Morgan fingerprint density at radius 2 is 1.90 bits per heavy atom. The first-order valence-corrected chi connectivity index (χ1v) is 11.0.